The summed E-state index contributed by atoms with van der Waals surface area (Å²) in [7, 11) is 1.70. The largest absolute Gasteiger partial charge is 0.497 e. The Morgan fingerprint density at radius 2 is 1.82 bits per heavy atom. The summed E-state index contributed by atoms with van der Waals surface area (Å²) < 4.78 is 5.50. The van der Waals surface area contributed by atoms with E-state index in [1.807, 2.05) is 48.5 Å². The number of rotatable bonds is 6. The Balaban J connectivity index is 1.37. The van der Waals surface area contributed by atoms with Crippen LogP contribution in [0.5, 0.6) is 5.75 Å². The van der Waals surface area contributed by atoms with Crippen LogP contribution >= 0.6 is 11.6 Å². The first-order valence-corrected chi connectivity index (χ1v) is 12.2. The summed E-state index contributed by atoms with van der Waals surface area (Å²) >= 11 is 6.07. The van der Waals surface area contributed by atoms with Crippen molar-refractivity contribution in [2.24, 2.45) is 5.92 Å². The monoisotopic (exact) mass is 475 g/mol. The van der Waals surface area contributed by atoms with Crippen LogP contribution in [0.1, 0.15) is 16.7 Å². The highest BCUT2D eigenvalue weighted by Gasteiger charge is 2.41. The number of piperazine rings is 1. The molecule has 0 radical (unpaired) electrons. The van der Waals surface area contributed by atoms with E-state index >= 15 is 0 Å². The Hall–Kier alpha value is -3.02. The van der Waals surface area contributed by atoms with Gasteiger partial charge in [-0.25, -0.2) is 0 Å². The van der Waals surface area contributed by atoms with Gasteiger partial charge in [-0.3, -0.25) is 9.69 Å². The number of amides is 1. The molecule has 5 rings (SSSR count). The molecule has 176 valence electrons. The SMILES string of the molecule is COc1ccc2c(c1)N1CCN(Cc3ccc(Cl)cc3)C[C@@H]1[C@H](C(=O)NCc1ccccc1)C2. The van der Waals surface area contributed by atoms with E-state index in [0.717, 1.165) is 48.9 Å². The third-order valence-electron chi connectivity index (χ3n) is 6.97. The summed E-state index contributed by atoms with van der Waals surface area (Å²) in [5.41, 5.74) is 4.76. The van der Waals surface area contributed by atoms with Crippen molar-refractivity contribution in [1.29, 1.82) is 0 Å². The minimum Gasteiger partial charge on any atom is -0.497 e. The van der Waals surface area contributed by atoms with Crippen molar-refractivity contribution in [1.82, 2.24) is 10.2 Å². The molecular weight excluding hydrogens is 446 g/mol. The fourth-order valence-corrected chi connectivity index (χ4v) is 5.30. The summed E-state index contributed by atoms with van der Waals surface area (Å²) in [4.78, 5) is 18.3. The lowest BCUT2D eigenvalue weighted by molar-refractivity contribution is -0.126. The van der Waals surface area contributed by atoms with E-state index in [4.69, 9.17) is 16.3 Å². The van der Waals surface area contributed by atoms with Crippen LogP contribution in [0.2, 0.25) is 5.02 Å². The maximum absolute atomic E-state index is 13.5. The second-order valence-corrected chi connectivity index (χ2v) is 9.57. The molecule has 2 aliphatic heterocycles. The number of halogens is 1. The van der Waals surface area contributed by atoms with Crippen LogP contribution in [0.4, 0.5) is 5.69 Å². The average molecular weight is 476 g/mol. The van der Waals surface area contributed by atoms with Crippen molar-refractivity contribution in [3.63, 3.8) is 0 Å². The predicted molar refractivity (Wildman–Crippen MR) is 136 cm³/mol. The van der Waals surface area contributed by atoms with Gasteiger partial charge in [0.05, 0.1) is 19.1 Å². The highest BCUT2D eigenvalue weighted by Crippen LogP contribution is 2.38. The highest BCUT2D eigenvalue weighted by atomic mass is 35.5. The van der Waals surface area contributed by atoms with Crippen LogP contribution in [-0.4, -0.2) is 43.6 Å². The lowest BCUT2D eigenvalue weighted by atomic mass is 9.83. The average Bonchev–Trinajstić information content (AvgIpc) is 2.88. The van der Waals surface area contributed by atoms with Gasteiger partial charge in [0.2, 0.25) is 5.91 Å². The fraction of sp³-hybridized carbons (Fsp3) is 0.321. The van der Waals surface area contributed by atoms with Crippen LogP contribution in [0.25, 0.3) is 0 Å². The van der Waals surface area contributed by atoms with Crippen molar-refractivity contribution in [2.75, 3.05) is 31.6 Å². The molecule has 6 heteroatoms. The normalized spacial score (nSPS) is 19.8. The first-order valence-electron chi connectivity index (χ1n) is 11.8. The van der Waals surface area contributed by atoms with Crippen molar-refractivity contribution in [2.45, 2.75) is 25.6 Å². The molecule has 0 saturated carbocycles. The molecule has 0 unspecified atom stereocenters. The molecule has 5 nitrogen and oxygen atoms in total. The lowest BCUT2D eigenvalue weighted by Crippen LogP contribution is -2.60. The highest BCUT2D eigenvalue weighted by molar-refractivity contribution is 6.30. The number of nitrogens with one attached hydrogen (secondary N) is 1. The molecule has 0 bridgehead atoms. The summed E-state index contributed by atoms with van der Waals surface area (Å²) in [5.74, 6) is 0.861. The van der Waals surface area contributed by atoms with E-state index in [9.17, 15) is 4.79 Å². The number of methoxy groups -OCH3 is 1. The predicted octanol–water partition coefficient (Wildman–Crippen LogP) is 4.53. The Morgan fingerprint density at radius 1 is 1.03 bits per heavy atom. The molecule has 1 saturated heterocycles. The molecule has 3 aromatic rings. The summed E-state index contributed by atoms with van der Waals surface area (Å²) in [6.45, 7) is 4.05. The summed E-state index contributed by atoms with van der Waals surface area (Å²) in [5, 5.41) is 3.95. The molecule has 3 aromatic carbocycles. The topological polar surface area (TPSA) is 44.8 Å². The van der Waals surface area contributed by atoms with Crippen molar-refractivity contribution in [3.8, 4) is 5.75 Å². The molecule has 2 atom stereocenters. The number of carbonyl (C=O) groups excluding carboxylic acids is 1. The molecule has 2 heterocycles. The molecule has 0 spiro atoms. The van der Waals surface area contributed by atoms with Gasteiger partial charge in [-0.05, 0) is 41.3 Å². The van der Waals surface area contributed by atoms with Gasteiger partial charge in [-0.2, -0.15) is 0 Å². The smallest absolute Gasteiger partial charge is 0.225 e. The zero-order chi connectivity index (χ0) is 23.5. The zero-order valence-electron chi connectivity index (χ0n) is 19.4. The van der Waals surface area contributed by atoms with Crippen molar-refractivity contribution < 1.29 is 9.53 Å². The summed E-state index contributed by atoms with van der Waals surface area (Å²) in [6.07, 6.45) is 0.732. The van der Waals surface area contributed by atoms with Crippen molar-refractivity contribution in [3.05, 3.63) is 94.5 Å². The molecule has 0 aliphatic carbocycles. The van der Waals surface area contributed by atoms with Crippen LogP contribution < -0.4 is 15.0 Å². The Morgan fingerprint density at radius 3 is 2.59 bits per heavy atom. The molecular formula is C28H30ClN3O2. The van der Waals surface area contributed by atoms with E-state index in [2.05, 4.69) is 39.4 Å². The Kier molecular flexibility index (Phi) is 6.75. The van der Waals surface area contributed by atoms with E-state index < -0.39 is 0 Å². The van der Waals surface area contributed by atoms with Gasteiger partial charge in [0.15, 0.2) is 0 Å². The van der Waals surface area contributed by atoms with Crippen LogP contribution in [-0.2, 0) is 24.3 Å². The number of hydrogen-bond donors (Lipinski definition) is 1. The van der Waals surface area contributed by atoms with Crippen LogP contribution in [0.15, 0.2) is 72.8 Å². The molecule has 1 amide bonds. The maximum atomic E-state index is 13.5. The van der Waals surface area contributed by atoms with Gasteiger partial charge in [0.25, 0.3) is 0 Å². The molecule has 2 aliphatic rings. The van der Waals surface area contributed by atoms with Crippen LogP contribution in [0.3, 0.4) is 0 Å². The number of fused-ring (bicyclic) bond motifs is 3. The number of anilines is 1. The first kappa shape index (κ1) is 22.8. The Labute approximate surface area is 206 Å². The molecule has 0 aromatic heterocycles. The van der Waals surface area contributed by atoms with Gasteiger partial charge in [-0.1, -0.05) is 60.1 Å². The van der Waals surface area contributed by atoms with E-state index in [-0.39, 0.29) is 17.9 Å². The van der Waals surface area contributed by atoms with Gasteiger partial charge in [0, 0.05) is 49.5 Å². The van der Waals surface area contributed by atoms with Gasteiger partial charge < -0.3 is 15.0 Å². The lowest BCUT2D eigenvalue weighted by Gasteiger charge is -2.49. The quantitative estimate of drug-likeness (QED) is 0.569. The zero-order valence-corrected chi connectivity index (χ0v) is 20.2. The number of benzene rings is 3. The second kappa shape index (κ2) is 10.1. The summed E-state index contributed by atoms with van der Waals surface area (Å²) in [6, 6.07) is 24.5. The molecule has 1 N–H and O–H groups in total. The third kappa shape index (κ3) is 4.91. The standard InChI is InChI=1S/C28H30ClN3O2/c1-34-24-12-9-22-15-25(28(33)30-17-20-5-3-2-4-6-20)27-19-31(13-14-32(27)26(22)16-24)18-21-7-10-23(29)11-8-21/h2-12,16,25,27H,13-15,17-19H2,1H3,(H,30,33)/t25-,27-/m1/s1. The van der Waals surface area contributed by atoms with Gasteiger partial charge in [0.1, 0.15) is 5.75 Å². The van der Waals surface area contributed by atoms with Crippen molar-refractivity contribution >= 4 is 23.2 Å². The maximum Gasteiger partial charge on any atom is 0.225 e. The minimum atomic E-state index is -0.113. The minimum absolute atomic E-state index is 0.108. The van der Waals surface area contributed by atoms with E-state index in [1.165, 1.54) is 16.8 Å². The van der Waals surface area contributed by atoms with E-state index in [0.29, 0.717) is 6.54 Å². The van der Waals surface area contributed by atoms with Gasteiger partial charge >= 0.3 is 0 Å². The fourth-order valence-electron chi connectivity index (χ4n) is 5.17. The second-order valence-electron chi connectivity index (χ2n) is 9.13. The third-order valence-corrected chi connectivity index (χ3v) is 7.23. The van der Waals surface area contributed by atoms with Crippen LogP contribution in [0, 0.1) is 5.92 Å². The Bertz CT molecular complexity index is 1140. The molecule has 34 heavy (non-hydrogen) atoms. The number of hydrogen-bond acceptors (Lipinski definition) is 4. The molecule has 1 fully saturated rings. The number of nitrogens with zero attached hydrogens (tertiary/aromatic N) is 2. The first-order chi connectivity index (χ1) is 16.6. The van der Waals surface area contributed by atoms with E-state index in [1.54, 1.807) is 7.11 Å². The number of carbonyl (C=O) groups is 1. The number of ether oxygens (including phenoxy) is 1. The van der Waals surface area contributed by atoms with Gasteiger partial charge in [-0.15, -0.1) is 0 Å².